The Morgan fingerprint density at radius 2 is 2.19 bits per heavy atom. The molecule has 1 aliphatic rings. The van der Waals surface area contributed by atoms with Gasteiger partial charge in [0, 0.05) is 11.6 Å². The van der Waals surface area contributed by atoms with Crippen LogP contribution in [0.4, 0.5) is 0 Å². The number of hydrogen-bond acceptors (Lipinski definition) is 5. The number of nitrogens with two attached hydrogens (primary N) is 1. The SMILES string of the molecule is CN(CCC(C)(N)CO)C1CCS(=O)(=O)C1. The van der Waals surface area contributed by atoms with Crippen molar-refractivity contribution in [2.24, 2.45) is 5.73 Å². The van der Waals surface area contributed by atoms with Crippen LogP contribution in [0.15, 0.2) is 0 Å². The van der Waals surface area contributed by atoms with E-state index >= 15 is 0 Å². The van der Waals surface area contributed by atoms with Gasteiger partial charge in [-0.2, -0.15) is 0 Å². The molecule has 0 saturated carbocycles. The number of aliphatic hydroxyl groups is 1. The topological polar surface area (TPSA) is 83.6 Å². The molecule has 6 heteroatoms. The van der Waals surface area contributed by atoms with E-state index in [1.54, 1.807) is 6.92 Å². The monoisotopic (exact) mass is 250 g/mol. The molecule has 0 spiro atoms. The summed E-state index contributed by atoms with van der Waals surface area (Å²) in [6, 6.07) is 0.111. The second kappa shape index (κ2) is 5.00. The van der Waals surface area contributed by atoms with Crippen LogP contribution in [0.5, 0.6) is 0 Å². The first-order valence-corrected chi connectivity index (χ1v) is 7.38. The van der Waals surface area contributed by atoms with Gasteiger partial charge in [0.15, 0.2) is 9.84 Å². The quantitative estimate of drug-likeness (QED) is 0.668. The van der Waals surface area contributed by atoms with Crippen molar-refractivity contribution in [1.82, 2.24) is 4.90 Å². The normalized spacial score (nSPS) is 28.2. The minimum Gasteiger partial charge on any atom is -0.394 e. The summed E-state index contributed by atoms with van der Waals surface area (Å²) in [5, 5.41) is 9.02. The second-order valence-corrected chi connectivity index (χ2v) is 7.33. The summed E-state index contributed by atoms with van der Waals surface area (Å²) in [5.41, 5.74) is 5.24. The van der Waals surface area contributed by atoms with Gasteiger partial charge in [-0.05, 0) is 33.4 Å². The van der Waals surface area contributed by atoms with Crippen molar-refractivity contribution in [2.75, 3.05) is 31.7 Å². The van der Waals surface area contributed by atoms with Crippen LogP contribution in [0.3, 0.4) is 0 Å². The fourth-order valence-corrected chi connectivity index (χ4v) is 3.62. The van der Waals surface area contributed by atoms with Gasteiger partial charge in [0.05, 0.1) is 18.1 Å². The molecule has 16 heavy (non-hydrogen) atoms. The van der Waals surface area contributed by atoms with Crippen LogP contribution in [-0.2, 0) is 9.84 Å². The van der Waals surface area contributed by atoms with Gasteiger partial charge in [-0.15, -0.1) is 0 Å². The Hall–Kier alpha value is -0.170. The predicted molar refractivity (Wildman–Crippen MR) is 64.0 cm³/mol. The van der Waals surface area contributed by atoms with E-state index in [-0.39, 0.29) is 18.4 Å². The largest absolute Gasteiger partial charge is 0.394 e. The molecular weight excluding hydrogens is 228 g/mol. The van der Waals surface area contributed by atoms with Crippen molar-refractivity contribution in [3.05, 3.63) is 0 Å². The highest BCUT2D eigenvalue weighted by Gasteiger charge is 2.31. The minimum absolute atomic E-state index is 0.0518. The lowest BCUT2D eigenvalue weighted by Gasteiger charge is -2.28. The molecule has 0 aromatic rings. The number of hydrogen-bond donors (Lipinski definition) is 2. The van der Waals surface area contributed by atoms with E-state index < -0.39 is 15.4 Å². The lowest BCUT2D eigenvalue weighted by atomic mass is 10.00. The predicted octanol–water partition coefficient (Wildman–Crippen LogP) is -0.795. The summed E-state index contributed by atoms with van der Waals surface area (Å²) < 4.78 is 22.6. The Bertz CT molecular complexity index is 327. The minimum atomic E-state index is -2.82. The Labute approximate surface area is 97.5 Å². The summed E-state index contributed by atoms with van der Waals surface area (Å²) in [7, 11) is -0.906. The van der Waals surface area contributed by atoms with Gasteiger partial charge < -0.3 is 15.7 Å². The van der Waals surface area contributed by atoms with Gasteiger partial charge >= 0.3 is 0 Å². The molecule has 1 fully saturated rings. The fourth-order valence-electron chi connectivity index (χ4n) is 1.82. The smallest absolute Gasteiger partial charge is 0.151 e. The molecule has 1 saturated heterocycles. The van der Waals surface area contributed by atoms with Crippen LogP contribution >= 0.6 is 0 Å². The lowest BCUT2D eigenvalue weighted by molar-refractivity contribution is 0.172. The molecule has 0 bridgehead atoms. The molecule has 2 atom stereocenters. The standard InChI is InChI=1S/C10H22N2O3S/c1-10(11,8-13)4-5-12(2)9-3-6-16(14,15)7-9/h9,13H,3-8,11H2,1-2H3. The molecular formula is C10H22N2O3S. The summed E-state index contributed by atoms with van der Waals surface area (Å²) >= 11 is 0. The maximum atomic E-state index is 11.3. The third-order valence-corrected chi connectivity index (χ3v) is 4.98. The molecule has 0 aliphatic carbocycles. The molecule has 1 heterocycles. The molecule has 1 rings (SSSR count). The highest BCUT2D eigenvalue weighted by molar-refractivity contribution is 7.91. The molecule has 0 radical (unpaired) electrons. The zero-order valence-corrected chi connectivity index (χ0v) is 10.8. The lowest BCUT2D eigenvalue weighted by Crippen LogP contribution is -2.44. The van der Waals surface area contributed by atoms with E-state index in [1.807, 2.05) is 11.9 Å². The first-order chi connectivity index (χ1) is 7.26. The number of nitrogens with zero attached hydrogens (tertiary/aromatic N) is 1. The van der Waals surface area contributed by atoms with Crippen molar-refractivity contribution < 1.29 is 13.5 Å². The zero-order chi connectivity index (χ0) is 12.4. The van der Waals surface area contributed by atoms with Gasteiger partial charge in [0.25, 0.3) is 0 Å². The number of aliphatic hydroxyl groups excluding tert-OH is 1. The van der Waals surface area contributed by atoms with Crippen LogP contribution in [0.1, 0.15) is 19.8 Å². The molecule has 0 aromatic heterocycles. The van der Waals surface area contributed by atoms with E-state index in [1.165, 1.54) is 0 Å². The maximum absolute atomic E-state index is 11.3. The summed E-state index contributed by atoms with van der Waals surface area (Å²) in [6.45, 7) is 2.46. The highest BCUT2D eigenvalue weighted by Crippen LogP contribution is 2.17. The third kappa shape index (κ3) is 4.01. The van der Waals surface area contributed by atoms with E-state index in [4.69, 9.17) is 10.8 Å². The number of rotatable bonds is 5. The Kier molecular flexibility index (Phi) is 4.34. The average molecular weight is 250 g/mol. The first kappa shape index (κ1) is 13.9. The third-order valence-electron chi connectivity index (χ3n) is 3.23. The first-order valence-electron chi connectivity index (χ1n) is 5.56. The van der Waals surface area contributed by atoms with Gasteiger partial charge in [0.2, 0.25) is 0 Å². The van der Waals surface area contributed by atoms with Gasteiger partial charge in [-0.25, -0.2) is 8.42 Å². The van der Waals surface area contributed by atoms with Crippen molar-refractivity contribution >= 4 is 9.84 Å². The second-order valence-electron chi connectivity index (χ2n) is 5.10. The number of sulfone groups is 1. The van der Waals surface area contributed by atoms with Crippen molar-refractivity contribution in [3.8, 4) is 0 Å². The Morgan fingerprint density at radius 1 is 1.56 bits per heavy atom. The molecule has 5 nitrogen and oxygen atoms in total. The van der Waals surface area contributed by atoms with E-state index in [2.05, 4.69) is 0 Å². The summed E-state index contributed by atoms with van der Waals surface area (Å²) in [6.07, 6.45) is 1.37. The highest BCUT2D eigenvalue weighted by atomic mass is 32.2. The maximum Gasteiger partial charge on any atom is 0.151 e. The molecule has 1 aliphatic heterocycles. The molecule has 96 valence electrons. The molecule has 0 aromatic carbocycles. The van der Waals surface area contributed by atoms with Crippen LogP contribution in [0.2, 0.25) is 0 Å². The van der Waals surface area contributed by atoms with Crippen LogP contribution in [0, 0.1) is 0 Å². The van der Waals surface area contributed by atoms with E-state index in [0.717, 1.165) is 0 Å². The van der Waals surface area contributed by atoms with Crippen LogP contribution in [0.25, 0.3) is 0 Å². The van der Waals surface area contributed by atoms with E-state index in [9.17, 15) is 8.42 Å². The summed E-state index contributed by atoms with van der Waals surface area (Å²) in [4.78, 5) is 2.03. The van der Waals surface area contributed by atoms with Crippen molar-refractivity contribution in [1.29, 1.82) is 0 Å². The Morgan fingerprint density at radius 3 is 2.62 bits per heavy atom. The molecule has 0 amide bonds. The van der Waals surface area contributed by atoms with Crippen LogP contribution in [-0.4, -0.2) is 61.7 Å². The van der Waals surface area contributed by atoms with E-state index in [0.29, 0.717) is 25.1 Å². The molecule has 3 N–H and O–H groups in total. The average Bonchev–Trinajstić information content (AvgIpc) is 2.55. The van der Waals surface area contributed by atoms with Crippen molar-refractivity contribution in [2.45, 2.75) is 31.3 Å². The van der Waals surface area contributed by atoms with Gasteiger partial charge in [-0.1, -0.05) is 0 Å². The van der Waals surface area contributed by atoms with Gasteiger partial charge in [-0.3, -0.25) is 0 Å². The van der Waals surface area contributed by atoms with Crippen molar-refractivity contribution in [3.63, 3.8) is 0 Å². The summed E-state index contributed by atoms with van der Waals surface area (Å²) in [5.74, 6) is 0.547. The zero-order valence-electron chi connectivity index (χ0n) is 10.0. The van der Waals surface area contributed by atoms with Gasteiger partial charge in [0.1, 0.15) is 0 Å². The fraction of sp³-hybridized carbons (Fsp3) is 1.00. The Balaban J connectivity index is 2.40. The van der Waals surface area contributed by atoms with Crippen LogP contribution < -0.4 is 5.73 Å². The molecule has 2 unspecified atom stereocenters.